The molecule has 106 valence electrons. The van der Waals surface area contributed by atoms with E-state index in [1.807, 2.05) is 29.8 Å². The van der Waals surface area contributed by atoms with E-state index in [4.69, 9.17) is 23.2 Å². The summed E-state index contributed by atoms with van der Waals surface area (Å²) in [6, 6.07) is 5.68. The van der Waals surface area contributed by atoms with Gasteiger partial charge in [0.15, 0.2) is 5.13 Å². The smallest absolute Gasteiger partial charge is 0.185 e. The minimum absolute atomic E-state index is 0.750. The van der Waals surface area contributed by atoms with Crippen LogP contribution in [0.3, 0.4) is 0 Å². The number of halogens is 2. The molecule has 1 aliphatic rings. The van der Waals surface area contributed by atoms with Gasteiger partial charge in [-0.05, 0) is 12.1 Å². The van der Waals surface area contributed by atoms with Crippen molar-refractivity contribution in [3.05, 3.63) is 45.4 Å². The fourth-order valence-corrected chi connectivity index (χ4v) is 3.59. The first-order chi connectivity index (χ1) is 9.74. The Morgan fingerprint density at radius 2 is 1.80 bits per heavy atom. The van der Waals surface area contributed by atoms with Gasteiger partial charge >= 0.3 is 0 Å². The number of aromatic nitrogens is 1. The largest absolute Gasteiger partial charge is 0.346 e. The molecule has 1 aliphatic heterocycles. The van der Waals surface area contributed by atoms with Gasteiger partial charge < -0.3 is 4.90 Å². The first-order valence-corrected chi connectivity index (χ1v) is 8.17. The number of anilines is 1. The zero-order chi connectivity index (χ0) is 13.9. The molecule has 0 aliphatic carbocycles. The van der Waals surface area contributed by atoms with E-state index in [-0.39, 0.29) is 0 Å². The van der Waals surface area contributed by atoms with Gasteiger partial charge in [0.05, 0.1) is 0 Å². The summed E-state index contributed by atoms with van der Waals surface area (Å²) < 4.78 is 0. The molecule has 3 nitrogen and oxygen atoms in total. The van der Waals surface area contributed by atoms with Crippen LogP contribution in [0, 0.1) is 0 Å². The molecule has 0 bridgehead atoms. The van der Waals surface area contributed by atoms with Crippen molar-refractivity contribution in [2.75, 3.05) is 31.1 Å². The molecular weight excluding hydrogens is 313 g/mol. The normalized spacial score (nSPS) is 16.6. The van der Waals surface area contributed by atoms with Crippen LogP contribution in [0.25, 0.3) is 0 Å². The minimum atomic E-state index is 0.750. The fourth-order valence-electron chi connectivity index (χ4n) is 2.38. The average Bonchev–Trinajstić information content (AvgIpc) is 2.98. The molecule has 0 radical (unpaired) electrons. The summed E-state index contributed by atoms with van der Waals surface area (Å²) in [6.45, 7) is 4.80. The third kappa shape index (κ3) is 3.09. The summed E-state index contributed by atoms with van der Waals surface area (Å²) in [4.78, 5) is 9.08. The van der Waals surface area contributed by atoms with Crippen molar-refractivity contribution < 1.29 is 0 Å². The lowest BCUT2D eigenvalue weighted by atomic mass is 10.2. The first-order valence-electron chi connectivity index (χ1n) is 6.54. The Hall–Kier alpha value is -0.810. The maximum Gasteiger partial charge on any atom is 0.185 e. The van der Waals surface area contributed by atoms with E-state index in [1.54, 1.807) is 11.3 Å². The number of rotatable bonds is 3. The molecule has 0 spiro atoms. The van der Waals surface area contributed by atoms with Gasteiger partial charge in [-0.15, -0.1) is 11.3 Å². The molecular formula is C14H15Cl2N3S. The van der Waals surface area contributed by atoms with Gasteiger partial charge in [-0.1, -0.05) is 29.3 Å². The van der Waals surface area contributed by atoms with Crippen LogP contribution in [0.4, 0.5) is 5.13 Å². The van der Waals surface area contributed by atoms with Crippen LogP contribution >= 0.6 is 34.5 Å². The molecule has 0 N–H and O–H groups in total. The van der Waals surface area contributed by atoms with Crippen molar-refractivity contribution in [3.63, 3.8) is 0 Å². The van der Waals surface area contributed by atoms with Gasteiger partial charge in [0.2, 0.25) is 0 Å². The molecule has 0 saturated carbocycles. The summed E-state index contributed by atoms with van der Waals surface area (Å²) in [5.74, 6) is 0. The minimum Gasteiger partial charge on any atom is -0.346 e. The molecule has 0 amide bonds. The summed E-state index contributed by atoms with van der Waals surface area (Å²) in [6.07, 6.45) is 1.86. The Balaban J connectivity index is 1.61. The van der Waals surface area contributed by atoms with Crippen LogP contribution in [0.5, 0.6) is 0 Å². The number of hydrogen-bond donors (Lipinski definition) is 0. The summed E-state index contributed by atoms with van der Waals surface area (Å²) in [7, 11) is 0. The maximum absolute atomic E-state index is 6.23. The van der Waals surface area contributed by atoms with E-state index in [0.717, 1.165) is 53.5 Å². The lowest BCUT2D eigenvalue weighted by Gasteiger charge is -2.34. The zero-order valence-corrected chi connectivity index (χ0v) is 13.3. The van der Waals surface area contributed by atoms with Crippen LogP contribution in [-0.4, -0.2) is 36.1 Å². The highest BCUT2D eigenvalue weighted by Gasteiger charge is 2.20. The molecule has 1 saturated heterocycles. The molecule has 2 aromatic rings. The third-order valence-corrected chi connectivity index (χ3v) is 5.05. The highest BCUT2D eigenvalue weighted by Crippen LogP contribution is 2.26. The molecule has 20 heavy (non-hydrogen) atoms. The van der Waals surface area contributed by atoms with Gasteiger partial charge in [-0.2, -0.15) is 0 Å². The van der Waals surface area contributed by atoms with E-state index in [1.165, 1.54) is 0 Å². The van der Waals surface area contributed by atoms with Gasteiger partial charge in [0.1, 0.15) is 0 Å². The second kappa shape index (κ2) is 6.31. The number of piperazine rings is 1. The lowest BCUT2D eigenvalue weighted by Crippen LogP contribution is -2.46. The number of hydrogen-bond acceptors (Lipinski definition) is 4. The Morgan fingerprint density at radius 1 is 1.10 bits per heavy atom. The van der Waals surface area contributed by atoms with E-state index in [9.17, 15) is 0 Å². The van der Waals surface area contributed by atoms with E-state index in [0.29, 0.717) is 0 Å². The summed E-state index contributed by atoms with van der Waals surface area (Å²) in [5, 5.41) is 4.63. The van der Waals surface area contributed by atoms with Crippen molar-refractivity contribution in [2.45, 2.75) is 6.54 Å². The molecule has 0 unspecified atom stereocenters. The van der Waals surface area contributed by atoms with Crippen LogP contribution in [0.1, 0.15) is 5.56 Å². The molecule has 3 rings (SSSR count). The third-order valence-electron chi connectivity index (χ3n) is 3.51. The van der Waals surface area contributed by atoms with E-state index in [2.05, 4.69) is 14.8 Å². The summed E-state index contributed by atoms with van der Waals surface area (Å²) >= 11 is 14.2. The first kappa shape index (κ1) is 14.1. The molecule has 0 atom stereocenters. The second-order valence-corrected chi connectivity index (χ2v) is 6.47. The van der Waals surface area contributed by atoms with E-state index >= 15 is 0 Å². The van der Waals surface area contributed by atoms with Crippen molar-refractivity contribution >= 4 is 39.7 Å². The van der Waals surface area contributed by atoms with Crippen LogP contribution in [0.2, 0.25) is 10.0 Å². The second-order valence-electron chi connectivity index (χ2n) is 4.78. The highest BCUT2D eigenvalue weighted by atomic mass is 35.5. The van der Waals surface area contributed by atoms with Crippen LogP contribution in [-0.2, 0) is 6.54 Å². The van der Waals surface area contributed by atoms with Crippen molar-refractivity contribution in [2.24, 2.45) is 0 Å². The van der Waals surface area contributed by atoms with Crippen molar-refractivity contribution in [1.82, 2.24) is 9.88 Å². The van der Waals surface area contributed by atoms with Gasteiger partial charge in [-0.25, -0.2) is 4.98 Å². The topological polar surface area (TPSA) is 19.4 Å². The Morgan fingerprint density at radius 3 is 2.40 bits per heavy atom. The van der Waals surface area contributed by atoms with E-state index < -0.39 is 0 Å². The van der Waals surface area contributed by atoms with Crippen molar-refractivity contribution in [3.8, 4) is 0 Å². The number of thiazole rings is 1. The SMILES string of the molecule is Clc1cccc(Cl)c1CN1CCN(c2nccs2)CC1. The molecule has 1 fully saturated rings. The summed E-state index contributed by atoms with van der Waals surface area (Å²) in [5.41, 5.74) is 1.03. The Labute approximate surface area is 132 Å². The maximum atomic E-state index is 6.23. The quantitative estimate of drug-likeness (QED) is 0.855. The average molecular weight is 328 g/mol. The van der Waals surface area contributed by atoms with Crippen LogP contribution in [0.15, 0.2) is 29.8 Å². The van der Waals surface area contributed by atoms with Crippen LogP contribution < -0.4 is 4.90 Å². The standard InChI is InChI=1S/C14H15Cl2N3S/c15-12-2-1-3-13(16)11(12)10-18-5-7-19(8-6-18)14-17-4-9-20-14/h1-4,9H,5-8,10H2. The molecule has 2 heterocycles. The lowest BCUT2D eigenvalue weighted by molar-refractivity contribution is 0.250. The highest BCUT2D eigenvalue weighted by molar-refractivity contribution is 7.13. The zero-order valence-electron chi connectivity index (χ0n) is 10.9. The predicted octanol–water partition coefficient (Wildman–Crippen LogP) is 3.77. The predicted molar refractivity (Wildman–Crippen MR) is 86.1 cm³/mol. The molecule has 6 heteroatoms. The van der Waals surface area contributed by atoms with Crippen molar-refractivity contribution in [1.29, 1.82) is 0 Å². The van der Waals surface area contributed by atoms with Gasteiger partial charge in [0.25, 0.3) is 0 Å². The number of benzene rings is 1. The Bertz CT molecular complexity index is 546. The monoisotopic (exact) mass is 327 g/mol. The van der Waals surface area contributed by atoms with Gasteiger partial charge in [0, 0.05) is 59.9 Å². The van der Waals surface area contributed by atoms with Gasteiger partial charge in [-0.3, -0.25) is 4.90 Å². The Kier molecular flexibility index (Phi) is 4.46. The number of nitrogens with zero attached hydrogens (tertiary/aromatic N) is 3. The fraction of sp³-hybridized carbons (Fsp3) is 0.357. The molecule has 1 aromatic heterocycles. The molecule has 1 aromatic carbocycles.